The predicted molar refractivity (Wildman–Crippen MR) is 85.2 cm³/mol. The van der Waals surface area contributed by atoms with Crippen LogP contribution in [0.5, 0.6) is 0 Å². The average Bonchev–Trinajstić information content (AvgIpc) is 2.64. The second-order valence-corrected chi connectivity index (χ2v) is 5.42. The zero-order chi connectivity index (χ0) is 17.8. The molecule has 25 heavy (non-hydrogen) atoms. The maximum atomic E-state index is 13.7. The number of aromatic nitrogens is 2. The molecule has 3 rings (SSSR count). The first-order valence-corrected chi connectivity index (χ1v) is 7.61. The van der Waals surface area contributed by atoms with Crippen LogP contribution in [-0.4, -0.2) is 58.3 Å². The minimum Gasteiger partial charge on any atom is -0.342 e. The second-order valence-electron chi connectivity index (χ2n) is 5.42. The molecule has 130 valence electrons. The third-order valence-electron chi connectivity index (χ3n) is 3.82. The highest BCUT2D eigenvalue weighted by atomic mass is 19.1. The molecule has 1 aliphatic heterocycles. The Kier molecular flexibility index (Phi) is 4.82. The molecule has 0 saturated carbocycles. The summed E-state index contributed by atoms with van der Waals surface area (Å²) in [6.07, 6.45) is 2.08. The van der Waals surface area contributed by atoms with Gasteiger partial charge in [-0.1, -0.05) is 6.07 Å². The zero-order valence-electron chi connectivity index (χ0n) is 13.2. The van der Waals surface area contributed by atoms with Crippen LogP contribution in [0.15, 0.2) is 30.5 Å². The van der Waals surface area contributed by atoms with Crippen molar-refractivity contribution in [3.05, 3.63) is 47.8 Å². The van der Waals surface area contributed by atoms with E-state index in [4.69, 9.17) is 0 Å². The molecule has 0 unspecified atom stereocenters. The predicted octanol–water partition coefficient (Wildman–Crippen LogP) is 1.41. The van der Waals surface area contributed by atoms with E-state index in [2.05, 4.69) is 15.3 Å². The van der Waals surface area contributed by atoms with Crippen LogP contribution in [0.25, 0.3) is 0 Å². The van der Waals surface area contributed by atoms with Gasteiger partial charge in [-0.15, -0.1) is 0 Å². The summed E-state index contributed by atoms with van der Waals surface area (Å²) in [5.41, 5.74) is -0.277. The Labute approximate surface area is 142 Å². The van der Waals surface area contributed by atoms with Gasteiger partial charge in [-0.2, -0.15) is 0 Å². The first kappa shape index (κ1) is 16.7. The van der Waals surface area contributed by atoms with Gasteiger partial charge in [0.25, 0.3) is 5.91 Å². The molecule has 0 spiro atoms. The lowest BCUT2D eigenvalue weighted by atomic mass is 10.2. The summed E-state index contributed by atoms with van der Waals surface area (Å²) in [4.78, 5) is 34.3. The molecule has 7 nitrogen and oxygen atoms in total. The topological polar surface area (TPSA) is 78.4 Å². The molecule has 2 aromatic rings. The van der Waals surface area contributed by atoms with E-state index in [9.17, 15) is 18.4 Å². The van der Waals surface area contributed by atoms with Crippen LogP contribution in [0.4, 0.5) is 20.4 Å². The Morgan fingerprint density at radius 2 is 1.80 bits per heavy atom. The van der Waals surface area contributed by atoms with E-state index in [1.54, 1.807) is 9.80 Å². The highest BCUT2D eigenvalue weighted by Gasteiger charge is 2.22. The van der Waals surface area contributed by atoms with Gasteiger partial charge in [-0.3, -0.25) is 9.59 Å². The number of amides is 2. The standard InChI is InChI=1S/C16H15F2N5O2/c17-11-2-1-3-12(18)14(11)21-16-19-5-4-13(20-16)15(25)23-8-6-22(10-24)7-9-23/h1-5,10H,6-9H2,(H,19,20,21). The summed E-state index contributed by atoms with van der Waals surface area (Å²) in [7, 11) is 0. The molecule has 9 heteroatoms. The van der Waals surface area contributed by atoms with Crippen molar-refractivity contribution in [3.63, 3.8) is 0 Å². The maximum Gasteiger partial charge on any atom is 0.272 e. The van der Waals surface area contributed by atoms with Gasteiger partial charge in [0.2, 0.25) is 12.4 Å². The van der Waals surface area contributed by atoms with Crippen LogP contribution in [0.3, 0.4) is 0 Å². The van der Waals surface area contributed by atoms with Gasteiger partial charge in [-0.25, -0.2) is 18.7 Å². The fourth-order valence-electron chi connectivity index (χ4n) is 2.46. The minimum absolute atomic E-state index is 0.0821. The molecule has 1 aliphatic rings. The third kappa shape index (κ3) is 3.70. The fourth-order valence-corrected chi connectivity index (χ4v) is 2.46. The number of piperazine rings is 1. The van der Waals surface area contributed by atoms with Gasteiger partial charge in [0.1, 0.15) is 23.0 Å². The number of benzene rings is 1. The molecule has 1 saturated heterocycles. The number of hydrogen-bond donors (Lipinski definition) is 1. The first-order chi connectivity index (χ1) is 12.1. The second kappa shape index (κ2) is 7.20. The molecule has 1 fully saturated rings. The van der Waals surface area contributed by atoms with Crippen LogP contribution in [0.2, 0.25) is 0 Å². The van der Waals surface area contributed by atoms with E-state index in [-0.39, 0.29) is 23.2 Å². The molecule has 1 N–H and O–H groups in total. The molecular weight excluding hydrogens is 332 g/mol. The van der Waals surface area contributed by atoms with Crippen LogP contribution < -0.4 is 5.32 Å². The zero-order valence-corrected chi connectivity index (χ0v) is 13.2. The minimum atomic E-state index is -0.787. The Balaban J connectivity index is 1.75. The van der Waals surface area contributed by atoms with Crippen molar-refractivity contribution in [2.24, 2.45) is 0 Å². The lowest BCUT2D eigenvalue weighted by molar-refractivity contribution is -0.119. The van der Waals surface area contributed by atoms with E-state index in [0.717, 1.165) is 18.5 Å². The van der Waals surface area contributed by atoms with E-state index >= 15 is 0 Å². The number of nitrogens with zero attached hydrogens (tertiary/aromatic N) is 4. The summed E-state index contributed by atoms with van der Waals surface area (Å²) in [6, 6.07) is 4.88. The number of nitrogens with one attached hydrogen (secondary N) is 1. The average molecular weight is 347 g/mol. The maximum absolute atomic E-state index is 13.7. The number of halogens is 2. The fraction of sp³-hybridized carbons (Fsp3) is 0.250. The van der Waals surface area contributed by atoms with Crippen molar-refractivity contribution in [1.29, 1.82) is 0 Å². The van der Waals surface area contributed by atoms with Gasteiger partial charge < -0.3 is 15.1 Å². The van der Waals surface area contributed by atoms with Crippen molar-refractivity contribution in [2.45, 2.75) is 0 Å². The van der Waals surface area contributed by atoms with Crippen LogP contribution in [0.1, 0.15) is 10.5 Å². The van der Waals surface area contributed by atoms with E-state index in [1.807, 2.05) is 0 Å². The Morgan fingerprint density at radius 3 is 2.44 bits per heavy atom. The summed E-state index contributed by atoms with van der Waals surface area (Å²) in [5, 5.41) is 2.46. The summed E-state index contributed by atoms with van der Waals surface area (Å²) < 4.78 is 27.4. The highest BCUT2D eigenvalue weighted by molar-refractivity contribution is 5.92. The molecule has 0 atom stereocenters. The molecule has 2 amide bonds. The molecule has 0 radical (unpaired) electrons. The van der Waals surface area contributed by atoms with E-state index in [1.165, 1.54) is 18.3 Å². The summed E-state index contributed by atoms with van der Waals surface area (Å²) in [6.45, 7) is 1.69. The summed E-state index contributed by atoms with van der Waals surface area (Å²) in [5.74, 6) is -1.98. The monoisotopic (exact) mass is 347 g/mol. The number of carbonyl (C=O) groups is 2. The van der Waals surface area contributed by atoms with Crippen molar-refractivity contribution < 1.29 is 18.4 Å². The highest BCUT2D eigenvalue weighted by Crippen LogP contribution is 2.21. The lowest BCUT2D eigenvalue weighted by Crippen LogP contribution is -2.48. The number of hydrogen-bond acceptors (Lipinski definition) is 5. The van der Waals surface area contributed by atoms with Crippen LogP contribution in [0, 0.1) is 11.6 Å². The number of anilines is 2. The Bertz CT molecular complexity index is 774. The molecule has 0 aliphatic carbocycles. The van der Waals surface area contributed by atoms with Crippen molar-refractivity contribution in [1.82, 2.24) is 19.8 Å². The molecule has 1 aromatic heterocycles. The quantitative estimate of drug-likeness (QED) is 0.846. The molecule has 2 heterocycles. The van der Waals surface area contributed by atoms with Crippen molar-refractivity contribution in [2.75, 3.05) is 31.5 Å². The third-order valence-corrected chi connectivity index (χ3v) is 3.82. The Morgan fingerprint density at radius 1 is 1.12 bits per heavy atom. The first-order valence-electron chi connectivity index (χ1n) is 7.61. The smallest absolute Gasteiger partial charge is 0.272 e. The summed E-state index contributed by atoms with van der Waals surface area (Å²) >= 11 is 0. The van der Waals surface area contributed by atoms with Gasteiger partial charge in [0, 0.05) is 32.4 Å². The molecular formula is C16H15F2N5O2. The normalized spacial score (nSPS) is 14.3. The SMILES string of the molecule is O=CN1CCN(C(=O)c2ccnc(Nc3c(F)cccc3F)n2)CC1. The largest absolute Gasteiger partial charge is 0.342 e. The van der Waals surface area contributed by atoms with Gasteiger partial charge >= 0.3 is 0 Å². The van der Waals surface area contributed by atoms with Gasteiger partial charge in [0.15, 0.2) is 0 Å². The van der Waals surface area contributed by atoms with Crippen molar-refractivity contribution in [3.8, 4) is 0 Å². The molecule has 0 bridgehead atoms. The van der Waals surface area contributed by atoms with Crippen LogP contribution in [-0.2, 0) is 4.79 Å². The van der Waals surface area contributed by atoms with Crippen LogP contribution >= 0.6 is 0 Å². The number of carbonyl (C=O) groups excluding carboxylic acids is 2. The van der Waals surface area contributed by atoms with Gasteiger partial charge in [0.05, 0.1) is 0 Å². The number of para-hydroxylation sites is 1. The lowest BCUT2D eigenvalue weighted by Gasteiger charge is -2.32. The van der Waals surface area contributed by atoms with E-state index < -0.39 is 11.6 Å². The number of rotatable bonds is 4. The van der Waals surface area contributed by atoms with E-state index in [0.29, 0.717) is 26.2 Å². The van der Waals surface area contributed by atoms with Crippen molar-refractivity contribution >= 4 is 24.0 Å². The Hall–Kier alpha value is -3.10. The van der Waals surface area contributed by atoms with Gasteiger partial charge in [-0.05, 0) is 18.2 Å². The molecule has 1 aromatic carbocycles.